The molecule has 0 amide bonds. The van der Waals surface area contributed by atoms with Gasteiger partial charge in [-0.05, 0) is 19.1 Å². The second-order valence-electron chi connectivity index (χ2n) is 7.87. The van der Waals surface area contributed by atoms with E-state index < -0.39 is 4.92 Å². The summed E-state index contributed by atoms with van der Waals surface area (Å²) in [6.07, 6.45) is 3.16. The summed E-state index contributed by atoms with van der Waals surface area (Å²) in [7, 11) is 1.70. The highest BCUT2D eigenvalue weighted by atomic mass is 32.1. The number of nitro groups is 1. The summed E-state index contributed by atoms with van der Waals surface area (Å²) in [6, 6.07) is 4.20. The predicted octanol–water partition coefficient (Wildman–Crippen LogP) is 4.49. The van der Waals surface area contributed by atoms with Gasteiger partial charge < -0.3 is 9.88 Å². The van der Waals surface area contributed by atoms with Crippen molar-refractivity contribution in [3.05, 3.63) is 68.2 Å². The van der Waals surface area contributed by atoms with Crippen LogP contribution in [0, 0.1) is 10.1 Å². The van der Waals surface area contributed by atoms with Gasteiger partial charge in [-0.1, -0.05) is 20.8 Å². The van der Waals surface area contributed by atoms with Crippen molar-refractivity contribution in [2.24, 2.45) is 7.05 Å². The smallest absolute Gasteiger partial charge is 0.293 e. The molecule has 8 nitrogen and oxygen atoms in total. The van der Waals surface area contributed by atoms with Crippen molar-refractivity contribution in [3.8, 4) is 0 Å². The summed E-state index contributed by atoms with van der Waals surface area (Å²) in [5, 5.41) is 17.6. The van der Waals surface area contributed by atoms with E-state index in [4.69, 9.17) is 0 Å². The third-order valence-electron chi connectivity index (χ3n) is 4.51. The van der Waals surface area contributed by atoms with E-state index in [1.165, 1.54) is 23.6 Å². The minimum absolute atomic E-state index is 0.0621. The first kappa shape index (κ1) is 20.7. The Hall–Kier alpha value is -3.07. The first-order chi connectivity index (χ1) is 13.6. The monoisotopic (exact) mass is 413 g/mol. The number of anilines is 1. The molecular weight excluding hydrogens is 390 g/mol. The van der Waals surface area contributed by atoms with Gasteiger partial charge in [0.1, 0.15) is 10.7 Å². The number of carbonyl (C=O) groups excluding carboxylic acids is 1. The van der Waals surface area contributed by atoms with E-state index in [1.54, 1.807) is 29.9 Å². The summed E-state index contributed by atoms with van der Waals surface area (Å²) >= 11 is 1.52. The highest BCUT2D eigenvalue weighted by Gasteiger charge is 2.23. The van der Waals surface area contributed by atoms with Crippen LogP contribution in [0.15, 0.2) is 36.0 Å². The number of nitrogens with one attached hydrogen (secondary N) is 1. The molecule has 9 heteroatoms. The van der Waals surface area contributed by atoms with Gasteiger partial charge in [-0.15, -0.1) is 11.3 Å². The average Bonchev–Trinajstić information content (AvgIpc) is 3.30. The van der Waals surface area contributed by atoms with Crippen molar-refractivity contribution in [1.29, 1.82) is 0 Å². The molecule has 1 N–H and O–H groups in total. The molecule has 1 atom stereocenters. The number of ketones is 1. The molecule has 0 saturated heterocycles. The third kappa shape index (κ3) is 4.34. The van der Waals surface area contributed by atoms with Crippen molar-refractivity contribution in [2.45, 2.75) is 39.2 Å². The molecule has 0 aliphatic rings. The first-order valence-electron chi connectivity index (χ1n) is 9.11. The number of benzene rings is 1. The predicted molar refractivity (Wildman–Crippen MR) is 113 cm³/mol. The Labute approximate surface area is 172 Å². The number of hydrogen-bond acceptors (Lipinski definition) is 7. The average molecular weight is 414 g/mol. The summed E-state index contributed by atoms with van der Waals surface area (Å²) in [5.74, 6) is -0.138. The largest absolute Gasteiger partial charge is 0.371 e. The maximum Gasteiger partial charge on any atom is 0.293 e. The van der Waals surface area contributed by atoms with Gasteiger partial charge in [0, 0.05) is 41.9 Å². The van der Waals surface area contributed by atoms with Gasteiger partial charge in [0.2, 0.25) is 5.78 Å². The molecule has 0 spiro atoms. The number of thiazole rings is 1. The lowest BCUT2D eigenvalue weighted by molar-refractivity contribution is -0.384. The van der Waals surface area contributed by atoms with Crippen LogP contribution in [0.5, 0.6) is 0 Å². The second-order valence-corrected chi connectivity index (χ2v) is 8.76. The number of nitrogens with zero attached hydrogens (tertiary/aromatic N) is 4. The zero-order valence-electron chi connectivity index (χ0n) is 17.0. The van der Waals surface area contributed by atoms with Crippen molar-refractivity contribution < 1.29 is 9.72 Å². The first-order valence-corrected chi connectivity index (χ1v) is 9.99. The second kappa shape index (κ2) is 7.75. The Morgan fingerprint density at radius 1 is 1.34 bits per heavy atom. The van der Waals surface area contributed by atoms with Crippen LogP contribution in [0.25, 0.3) is 0 Å². The van der Waals surface area contributed by atoms with Gasteiger partial charge in [0.15, 0.2) is 5.82 Å². The normalized spacial score (nSPS) is 12.6. The molecule has 2 heterocycles. The van der Waals surface area contributed by atoms with Gasteiger partial charge in [0.05, 0.1) is 16.7 Å². The van der Waals surface area contributed by atoms with Crippen LogP contribution in [-0.4, -0.2) is 25.2 Å². The summed E-state index contributed by atoms with van der Waals surface area (Å²) < 4.78 is 1.58. The van der Waals surface area contributed by atoms with E-state index in [0.29, 0.717) is 5.69 Å². The fourth-order valence-electron chi connectivity index (χ4n) is 2.79. The Balaban J connectivity index is 1.88. The van der Waals surface area contributed by atoms with Crippen molar-refractivity contribution >= 4 is 28.5 Å². The molecule has 152 valence electrons. The van der Waals surface area contributed by atoms with Crippen molar-refractivity contribution in [1.82, 2.24) is 14.5 Å². The van der Waals surface area contributed by atoms with E-state index in [2.05, 4.69) is 36.1 Å². The zero-order valence-corrected chi connectivity index (χ0v) is 17.8. The molecule has 0 aliphatic carbocycles. The van der Waals surface area contributed by atoms with Crippen LogP contribution in [0.4, 0.5) is 11.4 Å². The summed E-state index contributed by atoms with van der Waals surface area (Å²) in [4.78, 5) is 32.4. The molecule has 29 heavy (non-hydrogen) atoms. The van der Waals surface area contributed by atoms with Gasteiger partial charge in [-0.25, -0.2) is 9.97 Å². The van der Waals surface area contributed by atoms with Crippen LogP contribution in [0.3, 0.4) is 0 Å². The third-order valence-corrected chi connectivity index (χ3v) is 5.54. The molecule has 3 aromatic rings. The van der Waals surface area contributed by atoms with Gasteiger partial charge in [-0.2, -0.15) is 0 Å². The molecule has 0 saturated carbocycles. The zero-order chi connectivity index (χ0) is 21.3. The lowest BCUT2D eigenvalue weighted by Crippen LogP contribution is -2.13. The molecule has 0 aliphatic heterocycles. The Morgan fingerprint density at radius 2 is 2.07 bits per heavy atom. The molecule has 0 fully saturated rings. The Kier molecular flexibility index (Phi) is 5.52. The highest BCUT2D eigenvalue weighted by Crippen LogP contribution is 2.32. The van der Waals surface area contributed by atoms with Gasteiger partial charge in [0.25, 0.3) is 5.69 Å². The minimum Gasteiger partial charge on any atom is -0.371 e. The molecule has 2 aromatic heterocycles. The fourth-order valence-corrected chi connectivity index (χ4v) is 3.84. The number of hydrogen-bond donors (Lipinski definition) is 1. The molecule has 1 aromatic carbocycles. The summed E-state index contributed by atoms with van der Waals surface area (Å²) in [6.45, 7) is 8.17. The quantitative estimate of drug-likeness (QED) is 0.363. The van der Waals surface area contributed by atoms with Crippen LogP contribution in [0.1, 0.15) is 60.6 Å². The van der Waals surface area contributed by atoms with E-state index in [0.717, 1.165) is 10.7 Å². The molecule has 3 rings (SSSR count). The van der Waals surface area contributed by atoms with Crippen LogP contribution < -0.4 is 5.32 Å². The van der Waals surface area contributed by atoms with Crippen LogP contribution in [-0.2, 0) is 12.5 Å². The maximum atomic E-state index is 12.6. The number of nitro benzene ring substituents is 1. The number of aromatic nitrogens is 3. The van der Waals surface area contributed by atoms with Gasteiger partial charge in [-0.3, -0.25) is 14.9 Å². The molecular formula is C20H23N5O3S. The van der Waals surface area contributed by atoms with E-state index in [-0.39, 0.29) is 34.3 Å². The molecule has 0 bridgehead atoms. The van der Waals surface area contributed by atoms with E-state index >= 15 is 0 Å². The fraction of sp³-hybridized carbons (Fsp3) is 0.350. The number of rotatable bonds is 6. The molecule has 0 radical (unpaired) electrons. The lowest BCUT2D eigenvalue weighted by Gasteiger charge is -2.16. The topological polar surface area (TPSA) is 103 Å². The highest BCUT2D eigenvalue weighted by molar-refractivity contribution is 7.09. The summed E-state index contributed by atoms with van der Waals surface area (Å²) in [5.41, 5.74) is 1.31. The standard InChI is InChI=1S/C20H23N5O3S/c1-12(19-23-16(11-29-19)20(2,3)4)22-14-7-6-13(10-15(14)25(27)28)17(26)18-21-8-9-24(18)5/h6-12,22H,1-5H3. The number of carbonyl (C=O) groups is 1. The van der Waals surface area contributed by atoms with E-state index in [1.807, 2.05) is 12.3 Å². The van der Waals surface area contributed by atoms with Crippen molar-refractivity contribution in [2.75, 3.05) is 5.32 Å². The Bertz CT molecular complexity index is 1060. The Morgan fingerprint density at radius 3 is 2.62 bits per heavy atom. The van der Waals surface area contributed by atoms with Crippen molar-refractivity contribution in [3.63, 3.8) is 0 Å². The minimum atomic E-state index is -0.493. The maximum absolute atomic E-state index is 12.6. The molecule has 1 unspecified atom stereocenters. The van der Waals surface area contributed by atoms with Crippen LogP contribution in [0.2, 0.25) is 0 Å². The SMILES string of the molecule is CC(Nc1ccc(C(=O)c2nccn2C)cc1[N+](=O)[O-])c1nc(C(C)(C)C)cs1. The van der Waals surface area contributed by atoms with Gasteiger partial charge >= 0.3 is 0 Å². The number of aryl methyl sites for hydroxylation is 1. The lowest BCUT2D eigenvalue weighted by atomic mass is 9.93. The number of imidazole rings is 1. The van der Waals surface area contributed by atoms with E-state index in [9.17, 15) is 14.9 Å². The van der Waals surface area contributed by atoms with Crippen LogP contribution >= 0.6 is 11.3 Å².